The van der Waals surface area contributed by atoms with Crippen molar-refractivity contribution in [3.05, 3.63) is 65.5 Å². The highest BCUT2D eigenvalue weighted by Crippen LogP contribution is 2.35. The van der Waals surface area contributed by atoms with Gasteiger partial charge in [0, 0.05) is 12.2 Å². The Hall–Kier alpha value is -2.08. The molecule has 1 unspecified atom stereocenters. The van der Waals surface area contributed by atoms with Gasteiger partial charge in [-0.25, -0.2) is 4.39 Å². The van der Waals surface area contributed by atoms with Crippen molar-refractivity contribution in [2.24, 2.45) is 5.73 Å². The number of anilines is 1. The van der Waals surface area contributed by atoms with Gasteiger partial charge in [-0.1, -0.05) is 24.3 Å². The van der Waals surface area contributed by atoms with Gasteiger partial charge in [0.2, 0.25) is 0 Å². The molecule has 0 fully saturated rings. The fourth-order valence-corrected chi connectivity index (χ4v) is 2.08. The third-order valence-corrected chi connectivity index (χ3v) is 3.05. The molecule has 0 saturated heterocycles. The Kier molecular flexibility index (Phi) is 4.47. The lowest BCUT2D eigenvalue weighted by atomic mass is 9.99. The predicted octanol–water partition coefficient (Wildman–Crippen LogP) is 3.96. The van der Waals surface area contributed by atoms with Gasteiger partial charge in [0.1, 0.15) is 5.82 Å². The Bertz CT molecular complexity index is 596. The van der Waals surface area contributed by atoms with E-state index in [-0.39, 0.29) is 12.1 Å². The summed E-state index contributed by atoms with van der Waals surface area (Å²) in [6.07, 6.45) is -4.64. The molecule has 2 rings (SSSR count). The molecule has 0 aliphatic rings. The van der Waals surface area contributed by atoms with E-state index in [2.05, 4.69) is 5.32 Å². The molecule has 0 aliphatic carbocycles. The van der Waals surface area contributed by atoms with Crippen molar-refractivity contribution in [1.82, 2.24) is 0 Å². The highest BCUT2D eigenvalue weighted by atomic mass is 19.4. The van der Waals surface area contributed by atoms with Gasteiger partial charge in [-0.15, -0.1) is 0 Å². The zero-order valence-corrected chi connectivity index (χ0v) is 11.0. The minimum absolute atomic E-state index is 0.0520. The van der Waals surface area contributed by atoms with Crippen LogP contribution < -0.4 is 11.1 Å². The van der Waals surface area contributed by atoms with Crippen LogP contribution in [-0.4, -0.2) is 6.54 Å². The average molecular weight is 298 g/mol. The lowest BCUT2D eigenvalue weighted by Gasteiger charge is -2.22. The quantitative estimate of drug-likeness (QED) is 0.839. The molecule has 21 heavy (non-hydrogen) atoms. The molecule has 0 saturated carbocycles. The maximum absolute atomic E-state index is 13.1. The lowest BCUT2D eigenvalue weighted by Crippen LogP contribution is -2.24. The van der Waals surface area contributed by atoms with Gasteiger partial charge >= 0.3 is 6.18 Å². The van der Waals surface area contributed by atoms with Crippen molar-refractivity contribution < 1.29 is 17.6 Å². The van der Waals surface area contributed by atoms with Crippen molar-refractivity contribution in [1.29, 1.82) is 0 Å². The third-order valence-electron chi connectivity index (χ3n) is 3.05. The van der Waals surface area contributed by atoms with Crippen molar-refractivity contribution in [2.75, 3.05) is 11.9 Å². The number of benzene rings is 2. The van der Waals surface area contributed by atoms with Crippen LogP contribution in [0.2, 0.25) is 0 Å². The van der Waals surface area contributed by atoms with Crippen molar-refractivity contribution >= 4 is 5.69 Å². The zero-order chi connectivity index (χ0) is 15.5. The SMILES string of the molecule is NCC(Nc1ccccc1)c1ccc(F)cc1C(F)(F)F. The molecule has 0 spiro atoms. The van der Waals surface area contributed by atoms with E-state index < -0.39 is 23.6 Å². The number of nitrogens with two attached hydrogens (primary N) is 1. The van der Waals surface area contributed by atoms with E-state index >= 15 is 0 Å². The van der Waals surface area contributed by atoms with Crippen LogP contribution in [0, 0.1) is 5.82 Å². The normalized spacial score (nSPS) is 13.0. The molecule has 3 N–H and O–H groups in total. The second-order valence-electron chi connectivity index (χ2n) is 4.53. The maximum Gasteiger partial charge on any atom is 0.416 e. The summed E-state index contributed by atoms with van der Waals surface area (Å²) in [5, 5.41) is 2.93. The standard InChI is InChI=1S/C15H14F4N2/c16-10-6-7-12(13(8-10)15(17,18)19)14(9-20)21-11-4-2-1-3-5-11/h1-8,14,21H,9,20H2. The minimum atomic E-state index is -4.64. The topological polar surface area (TPSA) is 38.0 Å². The second kappa shape index (κ2) is 6.13. The monoisotopic (exact) mass is 298 g/mol. The van der Waals surface area contributed by atoms with Gasteiger partial charge in [-0.2, -0.15) is 13.2 Å². The molecule has 6 heteroatoms. The first-order chi connectivity index (χ1) is 9.91. The third kappa shape index (κ3) is 3.72. The molecule has 2 aromatic carbocycles. The Morgan fingerprint density at radius 1 is 1.05 bits per heavy atom. The molecular weight excluding hydrogens is 284 g/mol. The molecule has 0 heterocycles. The summed E-state index contributed by atoms with van der Waals surface area (Å²) in [4.78, 5) is 0. The van der Waals surface area contributed by atoms with E-state index in [1.54, 1.807) is 30.3 Å². The summed E-state index contributed by atoms with van der Waals surface area (Å²) in [6.45, 7) is -0.0520. The fraction of sp³-hybridized carbons (Fsp3) is 0.200. The number of halogens is 4. The van der Waals surface area contributed by atoms with Crippen LogP contribution >= 0.6 is 0 Å². The summed E-state index contributed by atoms with van der Waals surface area (Å²) >= 11 is 0. The molecule has 1 atom stereocenters. The summed E-state index contributed by atoms with van der Waals surface area (Å²) in [6, 6.07) is 10.6. The highest BCUT2D eigenvalue weighted by molar-refractivity contribution is 5.47. The first-order valence-corrected chi connectivity index (χ1v) is 6.30. The van der Waals surface area contributed by atoms with E-state index in [4.69, 9.17) is 5.73 Å². The molecule has 0 amide bonds. The van der Waals surface area contributed by atoms with Crippen molar-refractivity contribution in [3.63, 3.8) is 0 Å². The number of hydrogen-bond acceptors (Lipinski definition) is 2. The average Bonchev–Trinajstić information content (AvgIpc) is 2.45. The molecule has 0 bridgehead atoms. The van der Waals surface area contributed by atoms with E-state index in [0.717, 1.165) is 12.1 Å². The van der Waals surface area contributed by atoms with Crippen LogP contribution in [0.5, 0.6) is 0 Å². The van der Waals surface area contributed by atoms with Crippen molar-refractivity contribution in [3.8, 4) is 0 Å². The Labute approximate surface area is 119 Å². The maximum atomic E-state index is 13.1. The van der Waals surface area contributed by atoms with Crippen LogP contribution in [0.1, 0.15) is 17.2 Å². The van der Waals surface area contributed by atoms with Crippen molar-refractivity contribution in [2.45, 2.75) is 12.2 Å². The van der Waals surface area contributed by atoms with Crippen LogP contribution in [-0.2, 0) is 6.18 Å². The Balaban J connectivity index is 2.38. The van der Waals surface area contributed by atoms with Crippen LogP contribution in [0.3, 0.4) is 0 Å². The summed E-state index contributed by atoms with van der Waals surface area (Å²) in [5.74, 6) is -0.929. The summed E-state index contributed by atoms with van der Waals surface area (Å²) in [5.41, 5.74) is 5.14. The van der Waals surface area contributed by atoms with E-state index in [1.807, 2.05) is 0 Å². The van der Waals surface area contributed by atoms with Gasteiger partial charge in [0.15, 0.2) is 0 Å². The van der Waals surface area contributed by atoms with Crippen LogP contribution in [0.15, 0.2) is 48.5 Å². The van der Waals surface area contributed by atoms with Gasteiger partial charge in [-0.05, 0) is 29.8 Å². The molecule has 0 aliphatic heterocycles. The van der Waals surface area contributed by atoms with Gasteiger partial charge in [-0.3, -0.25) is 0 Å². The zero-order valence-electron chi connectivity index (χ0n) is 11.0. The van der Waals surface area contributed by atoms with E-state index in [9.17, 15) is 17.6 Å². The van der Waals surface area contributed by atoms with E-state index in [1.165, 1.54) is 0 Å². The highest BCUT2D eigenvalue weighted by Gasteiger charge is 2.35. The first kappa shape index (κ1) is 15.3. The largest absolute Gasteiger partial charge is 0.416 e. The molecule has 112 valence electrons. The molecule has 2 nitrogen and oxygen atoms in total. The number of para-hydroxylation sites is 1. The predicted molar refractivity (Wildman–Crippen MR) is 73.3 cm³/mol. The van der Waals surface area contributed by atoms with Crippen LogP contribution in [0.25, 0.3) is 0 Å². The van der Waals surface area contributed by atoms with Gasteiger partial charge < -0.3 is 11.1 Å². The van der Waals surface area contributed by atoms with E-state index in [0.29, 0.717) is 11.8 Å². The van der Waals surface area contributed by atoms with Gasteiger partial charge in [0.05, 0.1) is 11.6 Å². The summed E-state index contributed by atoms with van der Waals surface area (Å²) < 4.78 is 52.2. The van der Waals surface area contributed by atoms with Crippen LogP contribution in [0.4, 0.5) is 23.2 Å². The number of alkyl halides is 3. The second-order valence-corrected chi connectivity index (χ2v) is 4.53. The smallest absolute Gasteiger partial charge is 0.377 e. The Morgan fingerprint density at radius 2 is 1.71 bits per heavy atom. The summed E-state index contributed by atoms with van der Waals surface area (Å²) in [7, 11) is 0. The molecule has 2 aromatic rings. The fourth-order valence-electron chi connectivity index (χ4n) is 2.08. The lowest BCUT2D eigenvalue weighted by molar-refractivity contribution is -0.138. The molecular formula is C15H14F4N2. The molecule has 0 radical (unpaired) electrons. The first-order valence-electron chi connectivity index (χ1n) is 6.30. The number of nitrogens with one attached hydrogen (secondary N) is 1. The van der Waals surface area contributed by atoms with Gasteiger partial charge in [0.25, 0.3) is 0 Å². The number of rotatable bonds is 4. The Morgan fingerprint density at radius 3 is 2.29 bits per heavy atom. The number of hydrogen-bond donors (Lipinski definition) is 2. The minimum Gasteiger partial charge on any atom is -0.377 e. The molecule has 0 aromatic heterocycles.